The predicted molar refractivity (Wildman–Crippen MR) is 208 cm³/mol. The van der Waals surface area contributed by atoms with Gasteiger partial charge in [-0.2, -0.15) is 9.13 Å². The van der Waals surface area contributed by atoms with Crippen molar-refractivity contribution in [1.82, 2.24) is 13.8 Å². The van der Waals surface area contributed by atoms with Crippen LogP contribution in [0.15, 0.2) is 152 Å². The average Bonchev–Trinajstić information content (AvgIpc) is 3.89. The molecule has 52 heavy (non-hydrogen) atoms. The van der Waals surface area contributed by atoms with Gasteiger partial charge in [-0.15, -0.1) is 4.68 Å². The number of hydrogen-bond acceptors (Lipinski definition) is 1. The molecule has 7 heteroatoms. The Balaban J connectivity index is 1.22. The first-order valence-corrected chi connectivity index (χ1v) is 18.2. The van der Waals surface area contributed by atoms with E-state index < -0.39 is 5.66 Å². The fourth-order valence-corrected chi connectivity index (χ4v) is 10.6. The Labute approximate surface area is 299 Å². The second-order valence-electron chi connectivity index (χ2n) is 14.7. The van der Waals surface area contributed by atoms with Gasteiger partial charge in [0, 0.05) is 34.5 Å². The second kappa shape index (κ2) is 9.00. The van der Waals surface area contributed by atoms with Gasteiger partial charge in [0.1, 0.15) is 33.7 Å². The third-order valence-corrected chi connectivity index (χ3v) is 12.4. The lowest BCUT2D eigenvalue weighted by Crippen LogP contribution is -2.77. The Bertz CT molecular complexity index is 3130. The highest BCUT2D eigenvalue weighted by atomic mass is 15.6. The van der Waals surface area contributed by atoms with Gasteiger partial charge in [0.15, 0.2) is 5.52 Å². The van der Waals surface area contributed by atoms with Gasteiger partial charge in [0.25, 0.3) is 5.82 Å². The van der Waals surface area contributed by atoms with Crippen LogP contribution in [-0.2, 0) is 5.66 Å². The van der Waals surface area contributed by atoms with Gasteiger partial charge in [0.05, 0.1) is 22.9 Å². The maximum Gasteiger partial charge on any atom is 0.394 e. The van der Waals surface area contributed by atoms with Crippen molar-refractivity contribution < 1.29 is 9.25 Å². The summed E-state index contributed by atoms with van der Waals surface area (Å²) >= 11 is 0. The number of hydrogen-bond donors (Lipinski definition) is 0. The summed E-state index contributed by atoms with van der Waals surface area (Å²) < 4.78 is 12.8. The molecule has 0 bridgehead atoms. The smallest absolute Gasteiger partial charge is 0.319 e. The zero-order valence-electron chi connectivity index (χ0n) is 28.7. The van der Waals surface area contributed by atoms with Gasteiger partial charge < -0.3 is 9.47 Å². The molecule has 1 unspecified atom stereocenters. The Hall–Kier alpha value is -6.60. The fraction of sp³-hybridized carbons (Fsp3) is 0.0667. The van der Waals surface area contributed by atoms with E-state index in [4.69, 9.17) is 0 Å². The average molecular weight is 667 g/mol. The van der Waals surface area contributed by atoms with E-state index in [0.29, 0.717) is 0 Å². The molecule has 242 valence electrons. The Morgan fingerprint density at radius 2 is 1.25 bits per heavy atom. The Morgan fingerprint density at radius 1 is 0.596 bits per heavy atom. The molecule has 0 fully saturated rings. The molecular weight excluding hydrogens is 635 g/mol. The topological polar surface area (TPSA) is 25.8 Å². The number of nitrogens with zero attached hydrogens (tertiary/aromatic N) is 6. The van der Waals surface area contributed by atoms with Gasteiger partial charge in [-0.05, 0) is 61.8 Å². The van der Waals surface area contributed by atoms with Crippen LogP contribution in [0.4, 0.5) is 5.69 Å². The van der Waals surface area contributed by atoms with Crippen LogP contribution in [0.1, 0.15) is 22.5 Å². The largest absolute Gasteiger partial charge is 0.394 e. The lowest BCUT2D eigenvalue weighted by Gasteiger charge is -2.33. The summed E-state index contributed by atoms with van der Waals surface area (Å²) in [6, 6.07) is 44.7. The van der Waals surface area contributed by atoms with Gasteiger partial charge in [-0.1, -0.05) is 94.9 Å². The molecule has 8 heterocycles. The molecule has 5 aromatic carbocycles. The van der Waals surface area contributed by atoms with Crippen LogP contribution < -0.4 is 19.6 Å². The summed E-state index contributed by atoms with van der Waals surface area (Å²) in [5.41, 5.74) is 14.4. The first-order chi connectivity index (χ1) is 25.7. The number of para-hydroxylation sites is 2. The first-order valence-electron chi connectivity index (χ1n) is 18.2. The highest BCUT2D eigenvalue weighted by Crippen LogP contribution is 2.55. The lowest BCUT2D eigenvalue weighted by molar-refractivity contribution is -0.995. The lowest BCUT2D eigenvalue weighted by atomic mass is 9.45. The van der Waals surface area contributed by atoms with Crippen LogP contribution in [0.25, 0.3) is 60.8 Å². The van der Waals surface area contributed by atoms with Gasteiger partial charge in [0.2, 0.25) is 12.4 Å². The number of benzene rings is 5. The second-order valence-corrected chi connectivity index (χ2v) is 14.7. The minimum Gasteiger partial charge on any atom is -0.319 e. The zero-order chi connectivity index (χ0) is 34.0. The van der Waals surface area contributed by atoms with Crippen LogP contribution in [0.3, 0.4) is 0 Å². The molecule has 6 nitrogen and oxygen atoms in total. The van der Waals surface area contributed by atoms with E-state index in [0.717, 1.165) is 5.82 Å². The van der Waals surface area contributed by atoms with Crippen molar-refractivity contribution in [2.45, 2.75) is 19.5 Å². The van der Waals surface area contributed by atoms with Crippen molar-refractivity contribution in [3.63, 3.8) is 0 Å². The molecule has 4 aromatic heterocycles. The van der Waals surface area contributed by atoms with Crippen molar-refractivity contribution in [1.29, 1.82) is 0 Å². The van der Waals surface area contributed by atoms with Crippen LogP contribution in [0.2, 0.25) is 0 Å². The number of aromatic nitrogens is 5. The van der Waals surface area contributed by atoms with Crippen LogP contribution in [-0.4, -0.2) is 20.5 Å². The van der Waals surface area contributed by atoms with E-state index >= 15 is 0 Å². The van der Waals surface area contributed by atoms with Crippen molar-refractivity contribution in [2.75, 3.05) is 4.90 Å². The van der Waals surface area contributed by atoms with E-state index in [1.807, 2.05) is 0 Å². The predicted octanol–water partition coefficient (Wildman–Crippen LogP) is 7.43. The molecule has 0 saturated heterocycles. The third kappa shape index (κ3) is 2.82. The Kier molecular flexibility index (Phi) is 4.70. The zero-order valence-corrected chi connectivity index (χ0v) is 28.7. The maximum absolute atomic E-state index is 2.62. The molecule has 0 N–H and O–H groups in total. The summed E-state index contributed by atoms with van der Waals surface area (Å²) in [5.74, 6) is 5.80. The molecule has 0 amide bonds. The normalized spacial score (nSPS) is 17.3. The number of anilines is 1. The molecule has 9 aromatic rings. The molecule has 0 radical (unpaired) electrons. The molecule has 1 spiro atoms. The van der Waals surface area contributed by atoms with E-state index in [9.17, 15) is 0 Å². The van der Waals surface area contributed by atoms with E-state index in [-0.39, 0.29) is 6.71 Å². The molecule has 0 aliphatic carbocycles. The summed E-state index contributed by atoms with van der Waals surface area (Å²) in [6.45, 7) is 4.86. The molecule has 13 rings (SSSR count). The Morgan fingerprint density at radius 3 is 2.02 bits per heavy atom. The molecule has 1 atom stereocenters. The van der Waals surface area contributed by atoms with E-state index in [1.165, 1.54) is 88.7 Å². The van der Waals surface area contributed by atoms with E-state index in [1.54, 1.807) is 0 Å². The van der Waals surface area contributed by atoms with Crippen molar-refractivity contribution in [2.24, 2.45) is 0 Å². The highest BCUT2D eigenvalue weighted by Gasteiger charge is 2.69. The first kappa shape index (κ1) is 27.2. The number of rotatable bonds is 2. The summed E-state index contributed by atoms with van der Waals surface area (Å²) in [4.78, 5) is 2.33. The number of fused-ring (bicyclic) bond motifs is 11. The highest BCUT2D eigenvalue weighted by molar-refractivity contribution is 6.82. The standard InChI is InChI=1S/C45H31BN6/c1-28-42(47-25-22-46(23-26-47)30-13-4-3-5-14-30)29(2)52-45-40-37(19-12-20-38(40)51(28)52)49-35-17-8-6-15-31(35)33-27-34-32-16-7-9-18-36(32)50(44(34)41(45)43(33)49)39-21-10-11-24-48(39)45/h3-27H,1-2H3/q+2. The molecular formula is C45H31BN6+2. The molecule has 4 aliphatic rings. The minimum atomic E-state index is -0.683. The monoisotopic (exact) mass is 666 g/mol. The fourth-order valence-electron chi connectivity index (χ4n) is 10.6. The quantitative estimate of drug-likeness (QED) is 0.139. The van der Waals surface area contributed by atoms with Gasteiger partial charge >= 0.3 is 5.66 Å². The minimum absolute atomic E-state index is 0.246. The summed E-state index contributed by atoms with van der Waals surface area (Å²) in [7, 11) is 0. The molecule has 0 saturated carbocycles. The summed E-state index contributed by atoms with van der Waals surface area (Å²) in [6.07, 6.45) is 6.83. The maximum atomic E-state index is 2.62. The van der Waals surface area contributed by atoms with Crippen molar-refractivity contribution >= 4 is 61.5 Å². The SMILES string of the molecule is Cc1c(N2C=CB(c3ccccc3)C=C2)c(C)[n+]2n1-c1cccc3c1C21c2c4c(cc5c6ccccc6n(c25)-c2cccc[n+]21)c1ccccc1n4-3. The van der Waals surface area contributed by atoms with Gasteiger partial charge in [-0.3, -0.25) is 0 Å². The van der Waals surface area contributed by atoms with E-state index in [2.05, 4.69) is 194 Å². The van der Waals surface area contributed by atoms with Crippen molar-refractivity contribution in [3.8, 4) is 17.2 Å². The summed E-state index contributed by atoms with van der Waals surface area (Å²) in [5, 5.41) is 5.16. The van der Waals surface area contributed by atoms with Crippen molar-refractivity contribution in [3.05, 3.63) is 174 Å². The van der Waals surface area contributed by atoms with Crippen LogP contribution in [0.5, 0.6) is 0 Å². The third-order valence-electron chi connectivity index (χ3n) is 12.4. The number of pyridine rings is 1. The van der Waals surface area contributed by atoms with Crippen LogP contribution >= 0.6 is 0 Å². The van der Waals surface area contributed by atoms with Crippen LogP contribution in [0, 0.1) is 13.8 Å². The van der Waals surface area contributed by atoms with Gasteiger partial charge in [-0.25, -0.2) is 0 Å². The molecule has 4 aliphatic heterocycles.